The average Bonchev–Trinajstić information content (AvgIpc) is 2.82. The van der Waals surface area contributed by atoms with Crippen molar-refractivity contribution < 1.29 is 9.90 Å². The zero-order chi connectivity index (χ0) is 18.0. The largest absolute Gasteiger partial charge is 0.505 e. The van der Waals surface area contributed by atoms with E-state index in [1.165, 1.54) is 6.42 Å². The number of aliphatic hydroxyl groups excluding tert-OH is 1. The molecule has 1 aromatic rings. The molecule has 0 spiro atoms. The van der Waals surface area contributed by atoms with Crippen LogP contribution in [0.5, 0.6) is 0 Å². The van der Waals surface area contributed by atoms with Gasteiger partial charge in [0.15, 0.2) is 0 Å². The van der Waals surface area contributed by atoms with E-state index >= 15 is 0 Å². The van der Waals surface area contributed by atoms with Crippen LogP contribution in [0.4, 0.5) is 0 Å². The second-order valence-electron chi connectivity index (χ2n) is 6.59. The van der Waals surface area contributed by atoms with Gasteiger partial charge in [-0.2, -0.15) is 0 Å². The summed E-state index contributed by atoms with van der Waals surface area (Å²) < 4.78 is 0. The molecular weight excluding hydrogens is 359 g/mol. The Morgan fingerprint density at radius 1 is 1.32 bits per heavy atom. The molecule has 0 atom stereocenters. The molecule has 0 radical (unpaired) electrons. The number of aliphatic hydroxyl groups is 1. The fourth-order valence-electron chi connectivity index (χ4n) is 3.17. The lowest BCUT2D eigenvalue weighted by molar-refractivity contribution is -0.117. The van der Waals surface area contributed by atoms with Crippen LogP contribution in [0.25, 0.3) is 0 Å². The molecule has 3 rings (SSSR count). The Hall–Kier alpha value is -1.65. The van der Waals surface area contributed by atoms with Gasteiger partial charge in [-0.1, -0.05) is 35.8 Å². The Kier molecular flexibility index (Phi) is 5.60. The van der Waals surface area contributed by atoms with Gasteiger partial charge in [-0.3, -0.25) is 4.79 Å². The van der Waals surface area contributed by atoms with Crippen LogP contribution in [-0.2, 0) is 11.2 Å². The van der Waals surface area contributed by atoms with Crippen molar-refractivity contribution in [1.29, 1.82) is 0 Å². The topological polar surface area (TPSA) is 52.6 Å². The first-order chi connectivity index (χ1) is 12.0. The highest BCUT2D eigenvalue weighted by Gasteiger charge is 2.35. The van der Waals surface area contributed by atoms with Crippen LogP contribution in [0.15, 0.2) is 41.8 Å². The summed E-state index contributed by atoms with van der Waals surface area (Å²) >= 11 is 11.9. The van der Waals surface area contributed by atoms with Gasteiger partial charge in [0.25, 0.3) is 5.91 Å². The molecule has 0 bridgehead atoms. The first-order valence-electron chi connectivity index (χ1n) is 8.57. The van der Waals surface area contributed by atoms with E-state index in [1.54, 1.807) is 6.07 Å². The molecule has 1 saturated carbocycles. The first kappa shape index (κ1) is 18.2. The lowest BCUT2D eigenvalue weighted by Crippen LogP contribution is -2.38. The molecule has 25 heavy (non-hydrogen) atoms. The average molecular weight is 381 g/mol. The van der Waals surface area contributed by atoms with Crippen molar-refractivity contribution in [3.63, 3.8) is 0 Å². The molecular formula is C19H22Cl2N2O2. The molecule has 1 amide bonds. The van der Waals surface area contributed by atoms with Crippen molar-refractivity contribution in [3.05, 3.63) is 57.4 Å². The summed E-state index contributed by atoms with van der Waals surface area (Å²) in [7, 11) is 0. The van der Waals surface area contributed by atoms with Crippen LogP contribution in [-0.4, -0.2) is 35.0 Å². The summed E-state index contributed by atoms with van der Waals surface area (Å²) in [5.41, 5.74) is 2.08. The fourth-order valence-corrected chi connectivity index (χ4v) is 3.50. The number of aryl methyl sites for hydroxylation is 1. The molecule has 0 saturated heterocycles. The van der Waals surface area contributed by atoms with Crippen molar-refractivity contribution in [2.75, 3.05) is 13.1 Å². The van der Waals surface area contributed by atoms with E-state index in [4.69, 9.17) is 23.2 Å². The van der Waals surface area contributed by atoms with Gasteiger partial charge < -0.3 is 15.3 Å². The number of halogens is 2. The van der Waals surface area contributed by atoms with Gasteiger partial charge in [0.1, 0.15) is 5.76 Å². The highest BCUT2D eigenvalue weighted by atomic mass is 35.5. The quantitative estimate of drug-likeness (QED) is 0.725. The Balaban J connectivity index is 1.47. The minimum Gasteiger partial charge on any atom is -0.505 e. The van der Waals surface area contributed by atoms with Gasteiger partial charge in [-0.25, -0.2) is 0 Å². The third kappa shape index (κ3) is 3.96. The predicted octanol–water partition coefficient (Wildman–Crippen LogP) is 4.24. The van der Waals surface area contributed by atoms with Crippen LogP contribution in [0, 0.1) is 0 Å². The second-order valence-corrected chi connectivity index (χ2v) is 7.41. The molecule has 1 fully saturated rings. The highest BCUT2D eigenvalue weighted by Crippen LogP contribution is 2.34. The van der Waals surface area contributed by atoms with Crippen LogP contribution >= 0.6 is 23.2 Å². The first-order valence-corrected chi connectivity index (χ1v) is 9.33. The number of nitrogens with one attached hydrogen (secondary N) is 1. The fraction of sp³-hybridized carbons (Fsp3) is 0.421. The van der Waals surface area contributed by atoms with Gasteiger partial charge in [0, 0.05) is 12.6 Å². The van der Waals surface area contributed by atoms with Crippen LogP contribution in [0.3, 0.4) is 0 Å². The summed E-state index contributed by atoms with van der Waals surface area (Å²) in [6.45, 7) is 4.90. The van der Waals surface area contributed by atoms with Crippen molar-refractivity contribution in [1.82, 2.24) is 10.2 Å². The maximum absolute atomic E-state index is 12.4. The van der Waals surface area contributed by atoms with E-state index in [9.17, 15) is 9.90 Å². The van der Waals surface area contributed by atoms with Gasteiger partial charge in [0.2, 0.25) is 0 Å². The zero-order valence-electron chi connectivity index (χ0n) is 14.0. The molecule has 2 N–H and O–H groups in total. The van der Waals surface area contributed by atoms with Crippen molar-refractivity contribution in [2.24, 2.45) is 0 Å². The summed E-state index contributed by atoms with van der Waals surface area (Å²) in [4.78, 5) is 14.4. The number of rotatable bonds is 6. The maximum Gasteiger partial charge on any atom is 0.252 e. The molecule has 6 heteroatoms. The molecule has 1 aliphatic carbocycles. The molecule has 1 aliphatic heterocycles. The molecule has 134 valence electrons. The molecule has 2 aliphatic rings. The van der Waals surface area contributed by atoms with Gasteiger partial charge in [-0.15, -0.1) is 0 Å². The number of nitrogens with zero attached hydrogens (tertiary/aromatic N) is 1. The summed E-state index contributed by atoms with van der Waals surface area (Å²) in [6.07, 6.45) is 4.98. The molecule has 1 heterocycles. The SMILES string of the molecule is C=C1C(O)=C(C(=O)NCCCc2ccc(Cl)c(Cl)c2)CN1C1CCC1. The lowest BCUT2D eigenvalue weighted by atomic mass is 9.91. The number of benzene rings is 1. The summed E-state index contributed by atoms with van der Waals surface area (Å²) in [6, 6.07) is 5.97. The molecule has 4 nitrogen and oxygen atoms in total. The van der Waals surface area contributed by atoms with Crippen LogP contribution in [0.2, 0.25) is 10.0 Å². The molecule has 1 aromatic carbocycles. The normalized spacial score (nSPS) is 17.8. The van der Waals surface area contributed by atoms with E-state index in [0.29, 0.717) is 40.4 Å². The number of carbonyl (C=O) groups is 1. The monoisotopic (exact) mass is 380 g/mol. The number of carbonyl (C=O) groups excluding carboxylic acids is 1. The Morgan fingerprint density at radius 3 is 2.72 bits per heavy atom. The summed E-state index contributed by atoms with van der Waals surface area (Å²) in [5.74, 6) is -0.177. The Labute approximate surface area is 158 Å². The third-order valence-corrected chi connectivity index (χ3v) is 5.67. The minimum atomic E-state index is -0.213. The van der Waals surface area contributed by atoms with Gasteiger partial charge >= 0.3 is 0 Å². The number of hydrogen-bond acceptors (Lipinski definition) is 3. The Morgan fingerprint density at radius 2 is 2.08 bits per heavy atom. The summed E-state index contributed by atoms with van der Waals surface area (Å²) in [5, 5.41) is 14.2. The molecule has 0 unspecified atom stereocenters. The smallest absolute Gasteiger partial charge is 0.252 e. The van der Waals surface area contributed by atoms with Crippen molar-refractivity contribution >= 4 is 29.1 Å². The van der Waals surface area contributed by atoms with Crippen molar-refractivity contribution in [2.45, 2.75) is 38.1 Å². The van der Waals surface area contributed by atoms with Crippen LogP contribution in [0.1, 0.15) is 31.2 Å². The van der Waals surface area contributed by atoms with Crippen molar-refractivity contribution in [3.8, 4) is 0 Å². The van der Waals surface area contributed by atoms with Gasteiger partial charge in [-0.05, 0) is 49.8 Å². The zero-order valence-corrected chi connectivity index (χ0v) is 15.5. The van der Waals surface area contributed by atoms with E-state index in [-0.39, 0.29) is 11.7 Å². The van der Waals surface area contributed by atoms with E-state index < -0.39 is 0 Å². The lowest BCUT2D eigenvalue weighted by Gasteiger charge is -2.36. The molecule has 0 aromatic heterocycles. The highest BCUT2D eigenvalue weighted by molar-refractivity contribution is 6.42. The Bertz CT molecular complexity index is 726. The van der Waals surface area contributed by atoms with Crippen LogP contribution < -0.4 is 5.32 Å². The van der Waals surface area contributed by atoms with E-state index in [2.05, 4.69) is 11.9 Å². The van der Waals surface area contributed by atoms with E-state index in [1.807, 2.05) is 17.0 Å². The second kappa shape index (κ2) is 7.71. The standard InChI is InChI=1S/C19H22Cl2N2O2/c1-12-18(24)15(11-23(12)14-5-2-6-14)19(25)22-9-3-4-13-7-8-16(20)17(21)10-13/h7-8,10,14,24H,1-6,9,11H2,(H,22,25). The maximum atomic E-state index is 12.4. The van der Waals surface area contributed by atoms with E-state index in [0.717, 1.165) is 31.2 Å². The predicted molar refractivity (Wildman–Crippen MR) is 101 cm³/mol. The minimum absolute atomic E-state index is 0.0360. The van der Waals surface area contributed by atoms with Gasteiger partial charge in [0.05, 0.1) is 27.9 Å². The third-order valence-electron chi connectivity index (χ3n) is 4.94. The number of amides is 1. The number of hydrogen-bond donors (Lipinski definition) is 2.